The zero-order valence-electron chi connectivity index (χ0n) is 10.4. The van der Waals surface area contributed by atoms with E-state index in [0.717, 1.165) is 25.1 Å². The van der Waals surface area contributed by atoms with Gasteiger partial charge in [-0.2, -0.15) is 0 Å². The largest absolute Gasteiger partial charge is 0.480 e. The number of aromatic nitrogens is 3. The maximum Gasteiger partial charge on any atom is 0.317 e. The lowest BCUT2D eigenvalue weighted by Gasteiger charge is -2.12. The molecule has 1 aliphatic carbocycles. The predicted octanol–water partition coefficient (Wildman–Crippen LogP) is 1.42. The van der Waals surface area contributed by atoms with Crippen LogP contribution >= 0.6 is 11.8 Å². The van der Waals surface area contributed by atoms with Gasteiger partial charge in [0, 0.05) is 6.04 Å². The van der Waals surface area contributed by atoms with Gasteiger partial charge in [-0.25, -0.2) is 0 Å². The molecule has 7 heteroatoms. The number of nitrogens with zero attached hydrogens (tertiary/aromatic N) is 3. The highest BCUT2D eigenvalue weighted by molar-refractivity contribution is 8.00. The topological polar surface area (TPSA) is 94.0 Å². The first-order valence-electron chi connectivity index (χ1n) is 6.20. The van der Waals surface area contributed by atoms with Gasteiger partial charge in [0.15, 0.2) is 5.16 Å². The molecule has 1 fully saturated rings. The van der Waals surface area contributed by atoms with E-state index >= 15 is 0 Å². The molecule has 0 amide bonds. The van der Waals surface area contributed by atoms with E-state index in [1.54, 1.807) is 0 Å². The SMILES string of the molecule is CCCC(Sc1nnc(CN)n1C1CC1)C(=O)O. The average molecular weight is 270 g/mol. The molecule has 0 saturated heterocycles. The summed E-state index contributed by atoms with van der Waals surface area (Å²) >= 11 is 1.29. The lowest BCUT2D eigenvalue weighted by molar-refractivity contribution is -0.136. The molecule has 18 heavy (non-hydrogen) atoms. The second-order valence-electron chi connectivity index (χ2n) is 4.44. The van der Waals surface area contributed by atoms with E-state index < -0.39 is 11.2 Å². The van der Waals surface area contributed by atoms with Crippen molar-refractivity contribution >= 4 is 17.7 Å². The number of carboxylic acids is 1. The van der Waals surface area contributed by atoms with Crippen LogP contribution < -0.4 is 5.73 Å². The van der Waals surface area contributed by atoms with Crippen molar-refractivity contribution in [3.05, 3.63) is 5.82 Å². The summed E-state index contributed by atoms with van der Waals surface area (Å²) in [7, 11) is 0. The first kappa shape index (κ1) is 13.4. The van der Waals surface area contributed by atoms with Crippen LogP contribution in [0.25, 0.3) is 0 Å². The Morgan fingerprint density at radius 3 is 2.83 bits per heavy atom. The molecule has 1 unspecified atom stereocenters. The molecule has 100 valence electrons. The third-order valence-electron chi connectivity index (χ3n) is 2.90. The van der Waals surface area contributed by atoms with Crippen molar-refractivity contribution < 1.29 is 9.90 Å². The van der Waals surface area contributed by atoms with Crippen molar-refractivity contribution in [3.8, 4) is 0 Å². The highest BCUT2D eigenvalue weighted by Crippen LogP contribution is 2.39. The van der Waals surface area contributed by atoms with Crippen molar-refractivity contribution in [2.24, 2.45) is 5.73 Å². The maximum atomic E-state index is 11.2. The van der Waals surface area contributed by atoms with Crippen molar-refractivity contribution in [3.63, 3.8) is 0 Å². The van der Waals surface area contributed by atoms with Crippen LogP contribution in [0.1, 0.15) is 44.5 Å². The van der Waals surface area contributed by atoms with Gasteiger partial charge in [-0.3, -0.25) is 4.79 Å². The van der Waals surface area contributed by atoms with E-state index in [0.29, 0.717) is 24.2 Å². The van der Waals surface area contributed by atoms with E-state index in [1.807, 2.05) is 11.5 Å². The molecule has 0 radical (unpaired) electrons. The first-order valence-corrected chi connectivity index (χ1v) is 7.08. The van der Waals surface area contributed by atoms with Gasteiger partial charge in [0.25, 0.3) is 0 Å². The van der Waals surface area contributed by atoms with Gasteiger partial charge in [-0.1, -0.05) is 25.1 Å². The van der Waals surface area contributed by atoms with E-state index in [9.17, 15) is 9.90 Å². The van der Waals surface area contributed by atoms with E-state index in [4.69, 9.17) is 5.73 Å². The first-order chi connectivity index (χ1) is 8.67. The standard InChI is InChI=1S/C11H18N4O2S/c1-2-3-8(10(16)17)18-11-14-13-9(6-12)15(11)7-4-5-7/h7-8H,2-6,12H2,1H3,(H,16,17). The summed E-state index contributed by atoms with van der Waals surface area (Å²) < 4.78 is 2.01. The van der Waals surface area contributed by atoms with Crippen LogP contribution in [0.5, 0.6) is 0 Å². The van der Waals surface area contributed by atoms with Crippen molar-refractivity contribution in [1.82, 2.24) is 14.8 Å². The Labute approximate surface area is 110 Å². The number of rotatable bonds is 7. The van der Waals surface area contributed by atoms with Gasteiger partial charge in [0.2, 0.25) is 0 Å². The zero-order chi connectivity index (χ0) is 13.1. The van der Waals surface area contributed by atoms with Crippen LogP contribution in [0.2, 0.25) is 0 Å². The Morgan fingerprint density at radius 2 is 2.33 bits per heavy atom. The molecule has 6 nitrogen and oxygen atoms in total. The molecular weight excluding hydrogens is 252 g/mol. The molecule has 1 heterocycles. The molecule has 1 aromatic heterocycles. The maximum absolute atomic E-state index is 11.2. The third kappa shape index (κ3) is 2.84. The number of thioether (sulfide) groups is 1. The Hall–Kier alpha value is -1.08. The fraction of sp³-hybridized carbons (Fsp3) is 0.727. The van der Waals surface area contributed by atoms with Crippen LogP contribution in [0, 0.1) is 0 Å². The minimum Gasteiger partial charge on any atom is -0.480 e. The Bertz CT molecular complexity index is 431. The van der Waals surface area contributed by atoms with Crippen LogP contribution in [-0.2, 0) is 11.3 Å². The summed E-state index contributed by atoms with van der Waals surface area (Å²) in [6.45, 7) is 2.32. The van der Waals surface area contributed by atoms with Crippen LogP contribution in [-0.4, -0.2) is 31.1 Å². The average Bonchev–Trinajstić information content (AvgIpc) is 3.10. The summed E-state index contributed by atoms with van der Waals surface area (Å²) in [6, 6.07) is 0.414. The highest BCUT2D eigenvalue weighted by atomic mass is 32.2. The number of hydrogen-bond donors (Lipinski definition) is 2. The number of hydrogen-bond acceptors (Lipinski definition) is 5. The molecule has 2 rings (SSSR count). The highest BCUT2D eigenvalue weighted by Gasteiger charge is 2.31. The molecular formula is C11H18N4O2S. The molecule has 0 aliphatic heterocycles. The lowest BCUT2D eigenvalue weighted by Crippen LogP contribution is -2.17. The zero-order valence-corrected chi connectivity index (χ0v) is 11.2. The smallest absolute Gasteiger partial charge is 0.317 e. The van der Waals surface area contributed by atoms with Crippen LogP contribution in [0.15, 0.2) is 5.16 Å². The van der Waals surface area contributed by atoms with Gasteiger partial charge in [0.05, 0.1) is 6.54 Å². The Kier molecular flexibility index (Phi) is 4.23. The summed E-state index contributed by atoms with van der Waals surface area (Å²) in [4.78, 5) is 11.2. The summed E-state index contributed by atoms with van der Waals surface area (Å²) in [6.07, 6.45) is 3.68. The summed E-state index contributed by atoms with van der Waals surface area (Å²) in [5.74, 6) is -0.0397. The fourth-order valence-electron chi connectivity index (χ4n) is 1.85. The molecule has 0 bridgehead atoms. The number of carbonyl (C=O) groups is 1. The monoisotopic (exact) mass is 270 g/mol. The quantitative estimate of drug-likeness (QED) is 0.728. The van der Waals surface area contributed by atoms with E-state index in [2.05, 4.69) is 10.2 Å². The second kappa shape index (κ2) is 5.71. The van der Waals surface area contributed by atoms with Gasteiger partial charge in [-0.15, -0.1) is 10.2 Å². The minimum absolute atomic E-state index is 0.343. The van der Waals surface area contributed by atoms with Gasteiger partial charge >= 0.3 is 5.97 Å². The van der Waals surface area contributed by atoms with Crippen molar-refractivity contribution in [1.29, 1.82) is 0 Å². The van der Waals surface area contributed by atoms with Crippen molar-refractivity contribution in [2.75, 3.05) is 0 Å². The molecule has 3 N–H and O–H groups in total. The van der Waals surface area contributed by atoms with E-state index in [-0.39, 0.29) is 0 Å². The predicted molar refractivity (Wildman–Crippen MR) is 68.4 cm³/mol. The summed E-state index contributed by atoms with van der Waals surface area (Å²) in [5, 5.41) is 17.5. The molecule has 0 spiro atoms. The van der Waals surface area contributed by atoms with Crippen molar-refractivity contribution in [2.45, 2.75) is 55.6 Å². The molecule has 1 aromatic rings. The lowest BCUT2D eigenvalue weighted by atomic mass is 10.2. The molecule has 1 saturated carbocycles. The number of aliphatic carboxylic acids is 1. The minimum atomic E-state index is -0.790. The van der Waals surface area contributed by atoms with Gasteiger partial charge < -0.3 is 15.4 Å². The third-order valence-corrected chi connectivity index (χ3v) is 4.11. The normalized spacial score (nSPS) is 16.8. The number of carboxylic acid groups (broad SMARTS) is 1. The summed E-state index contributed by atoms with van der Waals surface area (Å²) in [5.41, 5.74) is 5.63. The van der Waals surface area contributed by atoms with Crippen LogP contribution in [0.4, 0.5) is 0 Å². The molecule has 0 aromatic carbocycles. The Morgan fingerprint density at radius 1 is 1.61 bits per heavy atom. The van der Waals surface area contributed by atoms with E-state index in [1.165, 1.54) is 11.8 Å². The van der Waals surface area contributed by atoms with Gasteiger partial charge in [-0.05, 0) is 19.3 Å². The fourth-order valence-corrected chi connectivity index (χ4v) is 3.01. The Balaban J connectivity index is 2.17. The molecule has 1 atom stereocenters. The molecule has 1 aliphatic rings. The van der Waals surface area contributed by atoms with Gasteiger partial charge in [0.1, 0.15) is 11.1 Å². The van der Waals surface area contributed by atoms with Crippen LogP contribution in [0.3, 0.4) is 0 Å². The second-order valence-corrected chi connectivity index (χ2v) is 5.61. The number of nitrogens with two attached hydrogens (primary N) is 1.